The summed E-state index contributed by atoms with van der Waals surface area (Å²) in [5.74, 6) is -1.05. The predicted molar refractivity (Wildman–Crippen MR) is 217 cm³/mol. The van der Waals surface area contributed by atoms with Gasteiger partial charge in [-0.2, -0.15) is 18.3 Å². The quantitative estimate of drug-likeness (QED) is 0.168. The molecule has 2 aromatic carbocycles. The van der Waals surface area contributed by atoms with Crippen molar-refractivity contribution in [3.63, 3.8) is 0 Å². The molecule has 3 saturated heterocycles. The lowest BCUT2D eigenvalue weighted by molar-refractivity contribution is -0.141. The average Bonchev–Trinajstić information content (AvgIpc) is 3.81. The lowest BCUT2D eigenvalue weighted by Crippen LogP contribution is -2.55. The zero-order chi connectivity index (χ0) is 42.2. The van der Waals surface area contributed by atoms with Gasteiger partial charge >= 0.3 is 11.9 Å². The van der Waals surface area contributed by atoms with Gasteiger partial charge in [0.15, 0.2) is 0 Å². The minimum Gasteiger partial charge on any atom is -0.386 e. The highest BCUT2D eigenvalue weighted by molar-refractivity contribution is 6.04. The highest BCUT2D eigenvalue weighted by Gasteiger charge is 2.42. The molecule has 4 fully saturated rings. The first-order valence-electron chi connectivity index (χ1n) is 20.7. The van der Waals surface area contributed by atoms with E-state index in [-0.39, 0.29) is 35.4 Å². The number of pyridine rings is 1. The van der Waals surface area contributed by atoms with E-state index in [2.05, 4.69) is 31.5 Å². The maximum absolute atomic E-state index is 13.6. The molecule has 316 valence electrons. The van der Waals surface area contributed by atoms with Crippen LogP contribution in [0.3, 0.4) is 0 Å². The van der Waals surface area contributed by atoms with Crippen molar-refractivity contribution < 1.29 is 32.7 Å². The molecule has 2 bridgehead atoms. The van der Waals surface area contributed by atoms with E-state index in [4.69, 9.17) is 5.10 Å². The number of hydrogen-bond donors (Lipinski definition) is 3. The van der Waals surface area contributed by atoms with E-state index >= 15 is 0 Å². The van der Waals surface area contributed by atoms with Crippen molar-refractivity contribution in [1.82, 2.24) is 34.1 Å². The number of anilines is 2. The van der Waals surface area contributed by atoms with Crippen molar-refractivity contribution in [1.29, 1.82) is 0 Å². The molecule has 3 amide bonds. The number of aryl methyl sites for hydroxylation is 1. The Morgan fingerprint density at radius 1 is 0.933 bits per heavy atom. The van der Waals surface area contributed by atoms with Gasteiger partial charge in [-0.05, 0) is 101 Å². The maximum Gasteiger partial charge on any atom is 0.433 e. The fourth-order valence-electron chi connectivity index (χ4n) is 10.1. The van der Waals surface area contributed by atoms with Crippen LogP contribution in [0, 0.1) is 5.92 Å². The molecule has 0 radical (unpaired) electrons. The number of piperazine rings is 1. The topological polar surface area (TPSA) is 160 Å². The van der Waals surface area contributed by atoms with Crippen molar-refractivity contribution >= 4 is 51.0 Å². The Kier molecular flexibility index (Phi) is 9.88. The second kappa shape index (κ2) is 14.9. The van der Waals surface area contributed by atoms with Gasteiger partial charge in [0.25, 0.3) is 5.91 Å². The van der Waals surface area contributed by atoms with Crippen molar-refractivity contribution in [3.05, 3.63) is 82.2 Å². The van der Waals surface area contributed by atoms with Gasteiger partial charge in [-0.25, -0.2) is 9.78 Å². The second-order valence-electron chi connectivity index (χ2n) is 17.5. The van der Waals surface area contributed by atoms with Crippen LogP contribution < -0.4 is 21.2 Å². The molecule has 17 heteroatoms. The molecular weight excluding hydrogens is 780 g/mol. The van der Waals surface area contributed by atoms with Crippen LogP contribution in [0.15, 0.2) is 59.5 Å². The predicted octanol–water partition coefficient (Wildman–Crippen LogP) is 5.65. The average molecular weight is 828 g/mol. The number of piperidine rings is 1. The minimum absolute atomic E-state index is 0.166. The van der Waals surface area contributed by atoms with Crippen LogP contribution in [0.2, 0.25) is 0 Å². The summed E-state index contributed by atoms with van der Waals surface area (Å²) in [5, 5.41) is 21.7. The van der Waals surface area contributed by atoms with E-state index in [1.165, 1.54) is 6.07 Å². The molecule has 3 atom stereocenters. The molecule has 14 nitrogen and oxygen atoms in total. The molecule has 1 saturated carbocycles. The van der Waals surface area contributed by atoms with Crippen LogP contribution in [0.25, 0.3) is 21.9 Å². The maximum atomic E-state index is 13.6. The summed E-state index contributed by atoms with van der Waals surface area (Å²) < 4.78 is 45.0. The molecule has 3 N–H and O–H groups in total. The summed E-state index contributed by atoms with van der Waals surface area (Å²) in [5.41, 5.74) is 0.557. The number of amides is 3. The number of hydrogen-bond acceptors (Lipinski definition) is 9. The molecule has 5 aromatic rings. The van der Waals surface area contributed by atoms with Crippen LogP contribution in [0.1, 0.15) is 99.0 Å². The number of alkyl halides is 3. The molecule has 0 spiro atoms. The Morgan fingerprint density at radius 2 is 1.63 bits per heavy atom. The third-order valence-corrected chi connectivity index (χ3v) is 13.1. The zero-order valence-electron chi connectivity index (χ0n) is 33.7. The number of aliphatic hydroxyl groups is 1. The molecule has 1 unspecified atom stereocenters. The minimum atomic E-state index is -4.70. The summed E-state index contributed by atoms with van der Waals surface area (Å²) in [7, 11) is 1.75. The summed E-state index contributed by atoms with van der Waals surface area (Å²) in [6.07, 6.45) is 3.89. The second-order valence-corrected chi connectivity index (χ2v) is 17.5. The standard InChI is InChI=1S/C43H48F3N9O5/c1-42(2,60)29-19-31-25(18-32(29)48-39(57)30-6-4-9-36(47-30)43(44,45)46)21-54(50-31)26-12-10-24(11-13-26)20-53-27-14-15-28(53)23-52(22-27)33-7-5-8-34-38(33)51(3)41(59)55(34)35-16-17-37(56)49-40(35)58/h4-9,18-19,21,24,26-28,35,60H,10-17,20,22-23H2,1-3H3,(H,48,57)(H,49,56,58)/t24?,26?,27-,28+,35?. The molecule has 3 aliphatic heterocycles. The SMILES string of the molecule is Cn1c(=O)n(C2CCC(=O)NC2=O)c2cccc(N3C[C@H]4CC[C@@H](C3)N4CC3CCC(n4cc5cc(NC(=O)c6cccc(C(F)(F)F)n6)c(C(C)(C)O)cc5n4)CC3)c21. The van der Waals surface area contributed by atoms with Crippen LogP contribution in [0.4, 0.5) is 24.5 Å². The van der Waals surface area contributed by atoms with Gasteiger partial charge in [0.2, 0.25) is 11.8 Å². The Labute approximate surface area is 343 Å². The van der Waals surface area contributed by atoms with Crippen LogP contribution in [0.5, 0.6) is 0 Å². The number of nitrogens with one attached hydrogen (secondary N) is 2. The number of carbonyl (C=O) groups excluding carboxylic acids is 3. The van der Waals surface area contributed by atoms with E-state index in [1.807, 2.05) is 23.0 Å². The van der Waals surface area contributed by atoms with E-state index in [0.717, 1.165) is 86.9 Å². The summed E-state index contributed by atoms with van der Waals surface area (Å²) in [4.78, 5) is 59.9. The number of imidazole rings is 1. The van der Waals surface area contributed by atoms with Crippen LogP contribution in [-0.4, -0.2) is 83.3 Å². The smallest absolute Gasteiger partial charge is 0.386 e. The van der Waals surface area contributed by atoms with E-state index < -0.39 is 35.3 Å². The Bertz CT molecular complexity index is 2570. The highest BCUT2D eigenvalue weighted by Crippen LogP contribution is 2.40. The molecule has 60 heavy (non-hydrogen) atoms. The highest BCUT2D eigenvalue weighted by atomic mass is 19.4. The number of benzene rings is 2. The van der Waals surface area contributed by atoms with Gasteiger partial charge in [0.05, 0.1) is 33.9 Å². The lowest BCUT2D eigenvalue weighted by Gasteiger charge is -2.44. The zero-order valence-corrected chi connectivity index (χ0v) is 33.7. The fraction of sp³-hybridized carbons (Fsp3) is 0.488. The number of para-hydroxylation sites is 1. The van der Waals surface area contributed by atoms with Crippen molar-refractivity contribution in [2.24, 2.45) is 13.0 Å². The fourth-order valence-corrected chi connectivity index (χ4v) is 10.1. The number of fused-ring (bicyclic) bond motifs is 4. The summed E-state index contributed by atoms with van der Waals surface area (Å²) in [6.45, 7) is 5.85. The van der Waals surface area contributed by atoms with Crippen LogP contribution >= 0.6 is 0 Å². The Hall–Kier alpha value is -5.55. The number of halogens is 3. The largest absolute Gasteiger partial charge is 0.433 e. The van der Waals surface area contributed by atoms with Crippen molar-refractivity contribution in [2.75, 3.05) is 29.9 Å². The number of rotatable bonds is 8. The molecular formula is C43H48F3N9O5. The van der Waals surface area contributed by atoms with Gasteiger partial charge in [-0.3, -0.25) is 38.4 Å². The molecule has 6 heterocycles. The van der Waals surface area contributed by atoms with E-state index in [9.17, 15) is 37.5 Å². The molecule has 1 aliphatic carbocycles. The van der Waals surface area contributed by atoms with Crippen molar-refractivity contribution in [3.8, 4) is 0 Å². The summed E-state index contributed by atoms with van der Waals surface area (Å²) in [6, 6.07) is 12.7. The molecule has 9 rings (SSSR count). The number of aromatic nitrogens is 5. The molecule has 4 aliphatic rings. The van der Waals surface area contributed by atoms with E-state index in [0.29, 0.717) is 41.0 Å². The molecule has 3 aromatic heterocycles. The normalized spacial score (nSPS) is 24.1. The van der Waals surface area contributed by atoms with Gasteiger partial charge in [-0.15, -0.1) is 0 Å². The lowest BCUT2D eigenvalue weighted by atomic mass is 9.85. The van der Waals surface area contributed by atoms with Gasteiger partial charge in [0, 0.05) is 68.0 Å². The third kappa shape index (κ3) is 7.24. The van der Waals surface area contributed by atoms with Gasteiger partial charge in [-0.1, -0.05) is 12.1 Å². The first-order chi connectivity index (χ1) is 28.5. The van der Waals surface area contributed by atoms with Crippen molar-refractivity contribution in [2.45, 2.75) is 101 Å². The first kappa shape index (κ1) is 39.9. The summed E-state index contributed by atoms with van der Waals surface area (Å²) >= 11 is 0. The third-order valence-electron chi connectivity index (χ3n) is 13.1. The Balaban J connectivity index is 0.862. The number of carbonyl (C=O) groups is 3. The Morgan fingerprint density at radius 3 is 2.32 bits per heavy atom. The van der Waals surface area contributed by atoms with Gasteiger partial charge in [0.1, 0.15) is 17.4 Å². The van der Waals surface area contributed by atoms with Crippen LogP contribution in [-0.2, 0) is 28.4 Å². The van der Waals surface area contributed by atoms with E-state index in [1.54, 1.807) is 42.2 Å². The monoisotopic (exact) mass is 827 g/mol. The number of imide groups is 1. The number of nitrogens with zero attached hydrogens (tertiary/aromatic N) is 7. The first-order valence-corrected chi connectivity index (χ1v) is 20.7. The van der Waals surface area contributed by atoms with Gasteiger partial charge < -0.3 is 15.3 Å².